The van der Waals surface area contributed by atoms with Gasteiger partial charge in [0.2, 0.25) is 11.7 Å². The highest BCUT2D eigenvalue weighted by Gasteiger charge is 2.34. The van der Waals surface area contributed by atoms with E-state index < -0.39 is 6.17 Å². The van der Waals surface area contributed by atoms with E-state index in [0.717, 1.165) is 5.69 Å². The summed E-state index contributed by atoms with van der Waals surface area (Å²) in [5, 5.41) is 2.84. The fourth-order valence-electron chi connectivity index (χ4n) is 2.94. The molecule has 3 aromatic rings. The lowest BCUT2D eigenvalue weighted by Crippen LogP contribution is -2.47. The molecule has 0 spiro atoms. The van der Waals surface area contributed by atoms with Crippen molar-refractivity contribution >= 4 is 29.0 Å². The van der Waals surface area contributed by atoms with Crippen LogP contribution >= 0.6 is 0 Å². The summed E-state index contributed by atoms with van der Waals surface area (Å²) < 4.78 is 10.6. The minimum absolute atomic E-state index is 0.152. The fourth-order valence-corrected chi connectivity index (χ4v) is 2.94. The molecule has 1 amide bonds. The maximum Gasteiger partial charge on any atom is 0.291 e. The van der Waals surface area contributed by atoms with Gasteiger partial charge in [0.05, 0.1) is 18.9 Å². The van der Waals surface area contributed by atoms with Crippen LogP contribution in [0.5, 0.6) is 5.75 Å². The van der Waals surface area contributed by atoms with Crippen LogP contribution in [0.3, 0.4) is 0 Å². The van der Waals surface area contributed by atoms with Gasteiger partial charge in [-0.05, 0) is 42.5 Å². The molecular weight excluding hydrogens is 344 g/mol. The molecule has 1 aliphatic heterocycles. The van der Waals surface area contributed by atoms with E-state index in [1.54, 1.807) is 42.3 Å². The molecule has 2 heterocycles. The zero-order chi connectivity index (χ0) is 18.8. The highest BCUT2D eigenvalue weighted by molar-refractivity contribution is 6.47. The average Bonchev–Trinajstić information content (AvgIpc) is 3.18. The molecule has 136 valence electrons. The Hall–Kier alpha value is -3.58. The number of hydrogen-bond acceptors (Lipinski definition) is 6. The standard InChI is InChI=1S/C20H18N4O3/c1-26-15-9-7-14(8-10-15)24-17(21)16-11-12-27-20(16)23-18(24)19(25)22-13-5-3-2-4-6-13/h2-12,17H,21H2,1H3,(H,22,25). The van der Waals surface area contributed by atoms with Crippen molar-refractivity contribution < 1.29 is 13.9 Å². The van der Waals surface area contributed by atoms with Gasteiger partial charge in [-0.15, -0.1) is 0 Å². The number of aliphatic imine (C=N–C) groups is 1. The van der Waals surface area contributed by atoms with Crippen LogP contribution in [0.15, 0.2) is 76.3 Å². The second kappa shape index (κ2) is 6.97. The molecule has 1 aliphatic rings. The van der Waals surface area contributed by atoms with Crippen LogP contribution in [0.2, 0.25) is 0 Å². The number of anilines is 2. The van der Waals surface area contributed by atoms with Gasteiger partial charge in [-0.3, -0.25) is 4.79 Å². The molecule has 4 rings (SSSR count). The lowest BCUT2D eigenvalue weighted by Gasteiger charge is -2.33. The lowest BCUT2D eigenvalue weighted by atomic mass is 10.1. The van der Waals surface area contributed by atoms with E-state index in [4.69, 9.17) is 14.9 Å². The predicted molar refractivity (Wildman–Crippen MR) is 103 cm³/mol. The highest BCUT2D eigenvalue weighted by Crippen LogP contribution is 2.36. The quantitative estimate of drug-likeness (QED) is 0.742. The van der Waals surface area contributed by atoms with Crippen LogP contribution < -0.4 is 20.7 Å². The Kier molecular flexibility index (Phi) is 4.35. The Bertz CT molecular complexity index is 980. The number of nitrogens with two attached hydrogens (primary N) is 1. The zero-order valence-electron chi connectivity index (χ0n) is 14.6. The zero-order valence-corrected chi connectivity index (χ0v) is 14.6. The highest BCUT2D eigenvalue weighted by atomic mass is 16.5. The molecule has 0 fully saturated rings. The van der Waals surface area contributed by atoms with Crippen molar-refractivity contribution in [3.05, 3.63) is 72.5 Å². The molecule has 7 nitrogen and oxygen atoms in total. The van der Waals surface area contributed by atoms with Crippen molar-refractivity contribution in [2.45, 2.75) is 6.17 Å². The molecule has 1 aromatic heterocycles. The Labute approximate surface area is 156 Å². The van der Waals surface area contributed by atoms with Crippen molar-refractivity contribution in [3.63, 3.8) is 0 Å². The monoisotopic (exact) mass is 362 g/mol. The molecule has 0 saturated heterocycles. The van der Waals surface area contributed by atoms with Gasteiger partial charge in [0.15, 0.2) is 0 Å². The number of nitrogens with zero attached hydrogens (tertiary/aromatic N) is 2. The summed E-state index contributed by atoms with van der Waals surface area (Å²) in [4.78, 5) is 19.0. The number of amides is 1. The molecule has 1 atom stereocenters. The first kappa shape index (κ1) is 16.9. The number of furan rings is 1. The molecule has 7 heteroatoms. The van der Waals surface area contributed by atoms with Crippen LogP contribution in [0.25, 0.3) is 0 Å². The number of benzene rings is 2. The van der Waals surface area contributed by atoms with Crippen LogP contribution in [0.1, 0.15) is 11.7 Å². The molecular formula is C20H18N4O3. The summed E-state index contributed by atoms with van der Waals surface area (Å²) >= 11 is 0. The van der Waals surface area contributed by atoms with Gasteiger partial charge >= 0.3 is 0 Å². The molecule has 0 bridgehead atoms. The van der Waals surface area contributed by atoms with Crippen LogP contribution in [-0.4, -0.2) is 18.9 Å². The molecule has 0 radical (unpaired) electrons. The number of nitrogens with one attached hydrogen (secondary N) is 1. The predicted octanol–water partition coefficient (Wildman–Crippen LogP) is 3.43. The first-order chi connectivity index (χ1) is 13.2. The van der Waals surface area contributed by atoms with E-state index in [1.165, 1.54) is 6.26 Å². The SMILES string of the molecule is COc1ccc(N2C(C(=O)Nc3ccccc3)=Nc3occc3C2N)cc1. The Morgan fingerprint density at radius 3 is 2.59 bits per heavy atom. The van der Waals surface area contributed by atoms with Crippen molar-refractivity contribution in [1.29, 1.82) is 0 Å². The number of carbonyl (C=O) groups is 1. The summed E-state index contributed by atoms with van der Waals surface area (Å²) in [6, 6.07) is 18.2. The largest absolute Gasteiger partial charge is 0.497 e. The normalized spacial score (nSPS) is 15.7. The first-order valence-corrected chi connectivity index (χ1v) is 8.39. The van der Waals surface area contributed by atoms with Gasteiger partial charge in [-0.25, -0.2) is 0 Å². The third kappa shape index (κ3) is 3.16. The number of ether oxygens (including phenoxy) is 1. The van der Waals surface area contributed by atoms with Crippen molar-refractivity contribution in [1.82, 2.24) is 0 Å². The Morgan fingerprint density at radius 2 is 1.89 bits per heavy atom. The second-order valence-electron chi connectivity index (χ2n) is 5.95. The molecule has 27 heavy (non-hydrogen) atoms. The molecule has 3 N–H and O–H groups in total. The number of carbonyl (C=O) groups excluding carboxylic acids is 1. The van der Waals surface area contributed by atoms with Gasteiger partial charge in [0, 0.05) is 11.4 Å². The third-order valence-electron chi connectivity index (χ3n) is 4.29. The van der Waals surface area contributed by atoms with Gasteiger partial charge in [0.1, 0.15) is 11.9 Å². The number of hydrogen-bond donors (Lipinski definition) is 2. The smallest absolute Gasteiger partial charge is 0.291 e. The number of methoxy groups -OCH3 is 1. The van der Waals surface area contributed by atoms with Crippen molar-refractivity contribution in [2.24, 2.45) is 10.7 Å². The maximum atomic E-state index is 12.9. The average molecular weight is 362 g/mol. The molecule has 1 unspecified atom stereocenters. The second-order valence-corrected chi connectivity index (χ2v) is 5.95. The summed E-state index contributed by atoms with van der Waals surface area (Å²) in [5.41, 5.74) is 8.53. The van der Waals surface area contributed by atoms with Crippen LogP contribution in [0.4, 0.5) is 17.3 Å². The van der Waals surface area contributed by atoms with E-state index in [0.29, 0.717) is 22.9 Å². The summed E-state index contributed by atoms with van der Waals surface area (Å²) in [7, 11) is 1.60. The molecule has 0 aliphatic carbocycles. The van der Waals surface area contributed by atoms with Gasteiger partial charge < -0.3 is 25.1 Å². The summed E-state index contributed by atoms with van der Waals surface area (Å²) in [5.74, 6) is 0.819. The first-order valence-electron chi connectivity index (χ1n) is 8.39. The number of para-hydroxylation sites is 1. The van der Waals surface area contributed by atoms with Crippen molar-refractivity contribution in [3.8, 4) is 5.75 Å². The van der Waals surface area contributed by atoms with Gasteiger partial charge in [-0.2, -0.15) is 4.99 Å². The summed E-state index contributed by atoms with van der Waals surface area (Å²) in [6.07, 6.45) is 0.902. The van der Waals surface area contributed by atoms with Gasteiger partial charge in [-0.1, -0.05) is 18.2 Å². The Balaban J connectivity index is 1.73. The van der Waals surface area contributed by atoms with E-state index in [1.807, 2.05) is 30.3 Å². The number of amidine groups is 1. The van der Waals surface area contributed by atoms with E-state index in [-0.39, 0.29) is 11.7 Å². The maximum absolute atomic E-state index is 12.9. The topological polar surface area (TPSA) is 93.1 Å². The molecule has 2 aromatic carbocycles. The minimum Gasteiger partial charge on any atom is -0.497 e. The lowest BCUT2D eigenvalue weighted by molar-refractivity contribution is -0.110. The minimum atomic E-state index is -0.610. The number of fused-ring (bicyclic) bond motifs is 1. The Morgan fingerprint density at radius 1 is 1.15 bits per heavy atom. The van der Waals surface area contributed by atoms with Crippen LogP contribution in [0, 0.1) is 0 Å². The van der Waals surface area contributed by atoms with Crippen LogP contribution in [-0.2, 0) is 4.79 Å². The summed E-state index contributed by atoms with van der Waals surface area (Å²) in [6.45, 7) is 0. The molecule has 0 saturated carbocycles. The van der Waals surface area contributed by atoms with E-state index in [2.05, 4.69) is 10.3 Å². The fraction of sp³-hybridized carbons (Fsp3) is 0.100. The number of rotatable bonds is 4. The third-order valence-corrected chi connectivity index (χ3v) is 4.29. The van der Waals surface area contributed by atoms with E-state index >= 15 is 0 Å². The van der Waals surface area contributed by atoms with E-state index in [9.17, 15) is 4.79 Å². The van der Waals surface area contributed by atoms with Gasteiger partial charge in [0.25, 0.3) is 5.91 Å². The van der Waals surface area contributed by atoms with Crippen molar-refractivity contribution in [2.75, 3.05) is 17.3 Å².